The maximum atomic E-state index is 11.2. The van der Waals surface area contributed by atoms with Gasteiger partial charge in [0.1, 0.15) is 0 Å². The van der Waals surface area contributed by atoms with Crippen molar-refractivity contribution in [2.45, 2.75) is 6.10 Å². The Kier molecular flexibility index (Phi) is 5.25. The molecule has 1 aromatic rings. The normalized spacial score (nSPS) is 11.9. The number of phenolic OH excluding ortho intramolecular Hbond substituents is 1. The van der Waals surface area contributed by atoms with E-state index < -0.39 is 18.6 Å². The predicted octanol–water partition coefficient (Wildman–Crippen LogP) is -0.760. The number of carbonyl (C=O) groups is 1. The van der Waals surface area contributed by atoms with Gasteiger partial charge in [0.05, 0.1) is 12.7 Å². The molecule has 0 aliphatic carbocycles. The first kappa shape index (κ1) is 13.3. The number of benzene rings is 1. The Morgan fingerprint density at radius 1 is 1.41 bits per heavy atom. The Hall–Kier alpha value is -1.79. The first-order chi connectivity index (χ1) is 8.13. The number of aromatic hydroxyl groups is 1. The Labute approximate surface area is 98.5 Å². The second-order valence-corrected chi connectivity index (χ2v) is 3.40. The number of rotatable bonds is 6. The number of carbonyl (C=O) groups excluding carboxylic acids is 1. The van der Waals surface area contributed by atoms with E-state index in [1.165, 1.54) is 12.1 Å². The minimum atomic E-state index is -0.982. The molecule has 17 heavy (non-hydrogen) atoms. The van der Waals surface area contributed by atoms with Gasteiger partial charge in [0.15, 0.2) is 18.1 Å². The molecule has 0 heterocycles. The number of phenols is 1. The van der Waals surface area contributed by atoms with Gasteiger partial charge in [-0.05, 0) is 12.1 Å². The Morgan fingerprint density at radius 2 is 2.12 bits per heavy atom. The molecule has 0 fully saturated rings. The fourth-order valence-electron chi connectivity index (χ4n) is 1.07. The van der Waals surface area contributed by atoms with E-state index in [1.807, 2.05) is 0 Å². The van der Waals surface area contributed by atoms with E-state index in [0.717, 1.165) is 0 Å². The molecule has 6 nitrogen and oxygen atoms in total. The molecule has 6 heteroatoms. The van der Waals surface area contributed by atoms with Gasteiger partial charge in [-0.15, -0.1) is 0 Å². The van der Waals surface area contributed by atoms with E-state index in [2.05, 4.69) is 5.32 Å². The predicted molar refractivity (Wildman–Crippen MR) is 59.7 cm³/mol. The molecule has 1 rings (SSSR count). The van der Waals surface area contributed by atoms with Crippen LogP contribution in [-0.2, 0) is 4.79 Å². The number of hydrogen-bond acceptors (Lipinski definition) is 5. The molecule has 0 saturated carbocycles. The van der Waals surface area contributed by atoms with Crippen molar-refractivity contribution >= 4 is 5.91 Å². The Balaban J connectivity index is 2.31. The van der Waals surface area contributed by atoms with Gasteiger partial charge in [0.2, 0.25) is 0 Å². The molecule has 1 unspecified atom stereocenters. The quantitative estimate of drug-likeness (QED) is 0.524. The third kappa shape index (κ3) is 4.71. The topological polar surface area (TPSA) is 99.0 Å². The third-order valence-electron chi connectivity index (χ3n) is 1.97. The van der Waals surface area contributed by atoms with Crippen molar-refractivity contribution in [3.8, 4) is 11.5 Å². The van der Waals surface area contributed by atoms with Gasteiger partial charge in [-0.25, -0.2) is 0 Å². The van der Waals surface area contributed by atoms with E-state index >= 15 is 0 Å². The highest BCUT2D eigenvalue weighted by Crippen LogP contribution is 2.23. The smallest absolute Gasteiger partial charge is 0.258 e. The SMILES string of the molecule is O=C(COc1ccccc1O)NCC(O)CO. The molecule has 94 valence electrons. The maximum Gasteiger partial charge on any atom is 0.258 e. The average Bonchev–Trinajstić information content (AvgIpc) is 2.35. The second kappa shape index (κ2) is 6.72. The Morgan fingerprint density at radius 3 is 2.76 bits per heavy atom. The number of para-hydroxylation sites is 2. The van der Waals surface area contributed by atoms with Gasteiger partial charge < -0.3 is 25.4 Å². The summed E-state index contributed by atoms with van der Waals surface area (Å²) < 4.78 is 5.06. The van der Waals surface area contributed by atoms with Crippen LogP contribution in [0.4, 0.5) is 0 Å². The van der Waals surface area contributed by atoms with Gasteiger partial charge in [-0.1, -0.05) is 12.1 Å². The number of amides is 1. The first-order valence-corrected chi connectivity index (χ1v) is 5.10. The van der Waals surface area contributed by atoms with Crippen molar-refractivity contribution in [3.05, 3.63) is 24.3 Å². The van der Waals surface area contributed by atoms with Gasteiger partial charge in [0, 0.05) is 6.54 Å². The summed E-state index contributed by atoms with van der Waals surface area (Å²) in [7, 11) is 0. The van der Waals surface area contributed by atoms with Crippen LogP contribution in [0.5, 0.6) is 11.5 Å². The van der Waals surface area contributed by atoms with E-state index in [4.69, 9.17) is 14.9 Å². The van der Waals surface area contributed by atoms with Crippen molar-refractivity contribution in [2.24, 2.45) is 0 Å². The lowest BCUT2D eigenvalue weighted by Gasteiger charge is -2.10. The molecule has 1 atom stereocenters. The highest BCUT2D eigenvalue weighted by Gasteiger charge is 2.07. The summed E-state index contributed by atoms with van der Waals surface area (Å²) in [5.74, 6) is -0.276. The van der Waals surface area contributed by atoms with Crippen LogP contribution in [0.15, 0.2) is 24.3 Å². The number of hydrogen-bond donors (Lipinski definition) is 4. The minimum absolute atomic E-state index is 0.0422. The summed E-state index contributed by atoms with van der Waals surface area (Å²) in [5, 5.41) is 29.2. The van der Waals surface area contributed by atoms with Gasteiger partial charge >= 0.3 is 0 Å². The number of aliphatic hydroxyl groups excluding tert-OH is 2. The lowest BCUT2D eigenvalue weighted by Crippen LogP contribution is -2.36. The molecular weight excluding hydrogens is 226 g/mol. The summed E-state index contributed by atoms with van der Waals surface area (Å²) in [4.78, 5) is 11.2. The number of nitrogens with one attached hydrogen (secondary N) is 1. The van der Waals surface area contributed by atoms with Crippen LogP contribution in [0, 0.1) is 0 Å². The van der Waals surface area contributed by atoms with Crippen molar-refractivity contribution in [3.63, 3.8) is 0 Å². The Bertz CT molecular complexity index is 369. The molecule has 0 saturated heterocycles. The molecule has 0 aliphatic rings. The summed E-state index contributed by atoms with van der Waals surface area (Å²) in [6.07, 6.45) is -0.982. The zero-order valence-corrected chi connectivity index (χ0v) is 9.17. The van der Waals surface area contributed by atoms with Crippen LogP contribution in [-0.4, -0.2) is 47.1 Å². The number of ether oxygens (including phenoxy) is 1. The number of aliphatic hydroxyl groups is 2. The lowest BCUT2D eigenvalue weighted by atomic mass is 10.3. The van der Waals surface area contributed by atoms with Gasteiger partial charge in [0.25, 0.3) is 5.91 Å². The van der Waals surface area contributed by atoms with Crippen molar-refractivity contribution < 1.29 is 24.9 Å². The third-order valence-corrected chi connectivity index (χ3v) is 1.97. The summed E-state index contributed by atoms with van der Waals surface area (Å²) >= 11 is 0. The largest absolute Gasteiger partial charge is 0.504 e. The molecule has 1 amide bonds. The van der Waals surface area contributed by atoms with E-state index in [-0.39, 0.29) is 24.7 Å². The molecule has 0 spiro atoms. The molecule has 0 radical (unpaired) electrons. The monoisotopic (exact) mass is 241 g/mol. The van der Waals surface area contributed by atoms with Crippen LogP contribution >= 0.6 is 0 Å². The molecule has 4 N–H and O–H groups in total. The molecule has 0 aromatic heterocycles. The summed E-state index contributed by atoms with van der Waals surface area (Å²) in [6, 6.07) is 6.29. The van der Waals surface area contributed by atoms with Crippen LogP contribution in [0.25, 0.3) is 0 Å². The molecule has 1 aromatic carbocycles. The lowest BCUT2D eigenvalue weighted by molar-refractivity contribution is -0.123. The first-order valence-electron chi connectivity index (χ1n) is 5.10. The summed E-state index contributed by atoms with van der Waals surface area (Å²) in [5.41, 5.74) is 0. The van der Waals surface area contributed by atoms with Crippen molar-refractivity contribution in [1.29, 1.82) is 0 Å². The highest BCUT2D eigenvalue weighted by atomic mass is 16.5. The van der Waals surface area contributed by atoms with Crippen LogP contribution in [0.1, 0.15) is 0 Å². The van der Waals surface area contributed by atoms with E-state index in [1.54, 1.807) is 12.1 Å². The maximum absolute atomic E-state index is 11.2. The van der Waals surface area contributed by atoms with Crippen LogP contribution in [0.2, 0.25) is 0 Å². The van der Waals surface area contributed by atoms with Crippen molar-refractivity contribution in [1.82, 2.24) is 5.32 Å². The van der Waals surface area contributed by atoms with E-state index in [0.29, 0.717) is 0 Å². The molecule has 0 aliphatic heterocycles. The van der Waals surface area contributed by atoms with Crippen molar-refractivity contribution in [2.75, 3.05) is 19.8 Å². The molecule has 0 bridgehead atoms. The molecular formula is C11H15NO5. The minimum Gasteiger partial charge on any atom is -0.504 e. The summed E-state index contributed by atoms with van der Waals surface area (Å²) in [6.45, 7) is -0.726. The standard InChI is InChI=1S/C11H15NO5/c13-6-8(14)5-12-11(16)7-17-10-4-2-1-3-9(10)15/h1-4,8,13-15H,5-7H2,(H,12,16). The van der Waals surface area contributed by atoms with Gasteiger partial charge in [-0.3, -0.25) is 4.79 Å². The van der Waals surface area contributed by atoms with Crippen LogP contribution < -0.4 is 10.1 Å². The van der Waals surface area contributed by atoms with E-state index in [9.17, 15) is 9.90 Å². The average molecular weight is 241 g/mol. The zero-order chi connectivity index (χ0) is 12.7. The fraction of sp³-hybridized carbons (Fsp3) is 0.364. The van der Waals surface area contributed by atoms with Crippen LogP contribution in [0.3, 0.4) is 0 Å². The second-order valence-electron chi connectivity index (χ2n) is 3.40. The zero-order valence-electron chi connectivity index (χ0n) is 9.17. The van der Waals surface area contributed by atoms with Gasteiger partial charge in [-0.2, -0.15) is 0 Å². The highest BCUT2D eigenvalue weighted by molar-refractivity contribution is 5.77. The fourth-order valence-corrected chi connectivity index (χ4v) is 1.07.